The molecule has 0 aliphatic rings. The van der Waals surface area contributed by atoms with E-state index < -0.39 is 11.6 Å². The van der Waals surface area contributed by atoms with Gasteiger partial charge in [0.1, 0.15) is 11.2 Å². The fourth-order valence-corrected chi connectivity index (χ4v) is 12.9. The first-order chi connectivity index (χ1) is 40.0. The number of anilines is 4. The summed E-state index contributed by atoms with van der Waals surface area (Å²) in [6.45, 7) is 7.00. The van der Waals surface area contributed by atoms with Gasteiger partial charge in [0.15, 0.2) is 11.2 Å². The Hall–Kier alpha value is -10.2. The van der Waals surface area contributed by atoms with Gasteiger partial charge in [0.05, 0.1) is 28.6 Å². The smallest absolute Gasteiger partial charge is 0.159 e. The number of furan rings is 2. The zero-order chi connectivity index (χ0) is 54.4. The van der Waals surface area contributed by atoms with Crippen molar-refractivity contribution in [2.24, 2.45) is 0 Å². The maximum atomic E-state index is 7.56. The van der Waals surface area contributed by atoms with Crippen LogP contribution in [0.3, 0.4) is 0 Å². The Labute approximate surface area is 473 Å². The van der Waals surface area contributed by atoms with Crippen molar-refractivity contribution in [2.75, 3.05) is 9.80 Å². The summed E-state index contributed by atoms with van der Waals surface area (Å²) in [6, 6.07) is 105. The lowest BCUT2D eigenvalue weighted by Gasteiger charge is -2.53. The summed E-state index contributed by atoms with van der Waals surface area (Å²) >= 11 is 0. The Morgan fingerprint density at radius 1 is 0.296 bits per heavy atom. The second kappa shape index (κ2) is 20.6. The SMILES string of the molecule is Cc1ccccc1C(N(c1ccccc1-c1ccccc1)c1cccc2c1oc1c(-c3ccccc3)cccc12)C(C)(c1ccccc1C)N(c1ccccc1-c1ccccc1)c1cccc2c1oc1c(-c3ccccc3)cccc12. The van der Waals surface area contributed by atoms with Crippen LogP contribution in [0.2, 0.25) is 0 Å². The zero-order valence-electron chi connectivity index (χ0n) is 45.5. The maximum Gasteiger partial charge on any atom is 0.159 e. The third-order valence-electron chi connectivity index (χ3n) is 16.6. The summed E-state index contributed by atoms with van der Waals surface area (Å²) in [5, 5.41) is 4.19. The van der Waals surface area contributed by atoms with E-state index in [0.717, 1.165) is 133 Å². The predicted molar refractivity (Wildman–Crippen MR) is 339 cm³/mol. The molecule has 14 aromatic rings. The highest BCUT2D eigenvalue weighted by Gasteiger charge is 2.50. The van der Waals surface area contributed by atoms with E-state index in [1.165, 1.54) is 0 Å². The van der Waals surface area contributed by atoms with E-state index in [4.69, 9.17) is 8.83 Å². The van der Waals surface area contributed by atoms with Crippen molar-refractivity contribution < 1.29 is 8.83 Å². The summed E-state index contributed by atoms with van der Waals surface area (Å²) in [7, 11) is 0. The Bertz CT molecular complexity index is 4580. The van der Waals surface area contributed by atoms with E-state index in [9.17, 15) is 0 Å². The van der Waals surface area contributed by atoms with Crippen LogP contribution in [0.15, 0.2) is 300 Å². The molecule has 0 aliphatic heterocycles. The minimum absolute atomic E-state index is 0.527. The van der Waals surface area contributed by atoms with Gasteiger partial charge in [-0.1, -0.05) is 267 Å². The topological polar surface area (TPSA) is 32.8 Å². The maximum absolute atomic E-state index is 7.56. The van der Waals surface area contributed by atoms with Crippen molar-refractivity contribution in [2.45, 2.75) is 32.4 Å². The van der Waals surface area contributed by atoms with Crippen LogP contribution in [-0.2, 0) is 5.54 Å². The van der Waals surface area contributed by atoms with Crippen molar-refractivity contribution in [1.82, 2.24) is 0 Å². The van der Waals surface area contributed by atoms with Crippen LogP contribution in [0.1, 0.15) is 35.2 Å². The molecule has 0 radical (unpaired) electrons. The van der Waals surface area contributed by atoms with Gasteiger partial charge in [0, 0.05) is 49.5 Å². The summed E-state index contributed by atoms with van der Waals surface area (Å²) in [5.74, 6) is 0. The molecule has 12 aromatic carbocycles. The van der Waals surface area contributed by atoms with Gasteiger partial charge in [-0.15, -0.1) is 0 Å². The molecular weight excluding hydrogens is 985 g/mol. The molecule has 4 nitrogen and oxygen atoms in total. The van der Waals surface area contributed by atoms with E-state index in [1.807, 2.05) is 0 Å². The molecule has 81 heavy (non-hydrogen) atoms. The van der Waals surface area contributed by atoms with Crippen LogP contribution < -0.4 is 9.80 Å². The molecule has 0 N–H and O–H groups in total. The number of para-hydroxylation sites is 6. The van der Waals surface area contributed by atoms with Gasteiger partial charge in [0.25, 0.3) is 0 Å². The van der Waals surface area contributed by atoms with Crippen LogP contribution in [0.25, 0.3) is 88.4 Å². The summed E-state index contributed by atoms with van der Waals surface area (Å²) in [5.41, 5.74) is 19.4. The number of benzene rings is 12. The van der Waals surface area contributed by atoms with Gasteiger partial charge in [-0.05, 0) is 89.5 Å². The van der Waals surface area contributed by atoms with E-state index in [1.54, 1.807) is 0 Å². The van der Waals surface area contributed by atoms with Gasteiger partial charge >= 0.3 is 0 Å². The van der Waals surface area contributed by atoms with Crippen LogP contribution in [-0.4, -0.2) is 0 Å². The number of hydrogen-bond donors (Lipinski definition) is 0. The molecule has 0 amide bonds. The molecule has 2 atom stereocenters. The molecule has 0 spiro atoms. The monoisotopic (exact) mass is 1040 g/mol. The number of fused-ring (bicyclic) bond motifs is 6. The average Bonchev–Trinajstić information content (AvgIpc) is 4.33. The number of nitrogens with zero attached hydrogens (tertiary/aromatic N) is 2. The number of rotatable bonds is 13. The molecular formula is C77H58N2O2. The lowest BCUT2D eigenvalue weighted by atomic mass is 9.74. The van der Waals surface area contributed by atoms with Gasteiger partial charge in [-0.25, -0.2) is 0 Å². The van der Waals surface area contributed by atoms with Crippen LogP contribution in [0.5, 0.6) is 0 Å². The van der Waals surface area contributed by atoms with E-state index in [-0.39, 0.29) is 0 Å². The fraction of sp³-hybridized carbons (Fsp3) is 0.0649. The van der Waals surface area contributed by atoms with Gasteiger partial charge < -0.3 is 18.6 Å². The Morgan fingerprint density at radius 3 is 1.17 bits per heavy atom. The normalized spacial score (nSPS) is 12.7. The largest absolute Gasteiger partial charge is 0.453 e. The second-order valence-corrected chi connectivity index (χ2v) is 21.3. The molecule has 388 valence electrons. The minimum Gasteiger partial charge on any atom is -0.453 e. The molecule has 0 fully saturated rings. The minimum atomic E-state index is -1.04. The molecule has 4 heteroatoms. The van der Waals surface area contributed by atoms with Gasteiger partial charge in [0.2, 0.25) is 0 Å². The van der Waals surface area contributed by atoms with Crippen LogP contribution in [0.4, 0.5) is 22.7 Å². The first-order valence-corrected chi connectivity index (χ1v) is 27.9. The predicted octanol–water partition coefficient (Wildman–Crippen LogP) is 21.4. The molecule has 0 saturated heterocycles. The number of hydrogen-bond acceptors (Lipinski definition) is 4. The van der Waals surface area contributed by atoms with Gasteiger partial charge in [-0.3, -0.25) is 0 Å². The fourth-order valence-electron chi connectivity index (χ4n) is 12.9. The molecule has 2 aromatic heterocycles. The highest BCUT2D eigenvalue weighted by Crippen LogP contribution is 2.58. The Balaban J connectivity index is 1.16. The quantitative estimate of drug-likeness (QED) is 0.115. The van der Waals surface area contributed by atoms with Crippen LogP contribution >= 0.6 is 0 Å². The first kappa shape index (κ1) is 49.2. The summed E-state index contributed by atoms with van der Waals surface area (Å²) in [4.78, 5) is 5.25. The van der Waals surface area contributed by atoms with Crippen molar-refractivity contribution >= 4 is 66.6 Å². The molecule has 0 saturated carbocycles. The molecule has 2 unspecified atom stereocenters. The van der Waals surface area contributed by atoms with Crippen molar-refractivity contribution in [3.8, 4) is 44.5 Å². The summed E-state index contributed by atoms with van der Waals surface area (Å²) < 4.78 is 15.1. The van der Waals surface area contributed by atoms with E-state index >= 15 is 0 Å². The van der Waals surface area contributed by atoms with Crippen molar-refractivity contribution in [1.29, 1.82) is 0 Å². The molecule has 14 rings (SSSR count). The molecule has 0 aliphatic carbocycles. The lowest BCUT2D eigenvalue weighted by molar-refractivity contribution is 0.381. The van der Waals surface area contributed by atoms with Crippen LogP contribution in [0, 0.1) is 13.8 Å². The third kappa shape index (κ3) is 8.38. The highest BCUT2D eigenvalue weighted by molar-refractivity contribution is 6.15. The Morgan fingerprint density at radius 2 is 0.654 bits per heavy atom. The van der Waals surface area contributed by atoms with Gasteiger partial charge in [-0.2, -0.15) is 0 Å². The second-order valence-electron chi connectivity index (χ2n) is 21.3. The third-order valence-corrected chi connectivity index (χ3v) is 16.6. The zero-order valence-corrected chi connectivity index (χ0v) is 45.5. The standard InChI is InChI=1S/C77H58N2O2/c1-52-28-16-18-38-58(52)76(78(68-48-22-19-39-59(68)54-30-8-4-9-31-54)70-50-26-45-65-63-43-24-41-61(72(63)80-74(65)70)56-34-12-6-13-35-56)77(3,67-47-21-17-29-53(67)2)79(69-49-23-20-40-60(69)55-32-10-5-11-33-55)71-51-27-46-66-64-44-25-42-62(73(64)81-75(66)71)57-36-14-7-15-37-57/h4-51,76H,1-3H3. The summed E-state index contributed by atoms with van der Waals surface area (Å²) in [6.07, 6.45) is 0. The van der Waals surface area contributed by atoms with Crippen molar-refractivity contribution in [3.63, 3.8) is 0 Å². The van der Waals surface area contributed by atoms with E-state index in [0.29, 0.717) is 0 Å². The van der Waals surface area contributed by atoms with Crippen molar-refractivity contribution in [3.05, 3.63) is 313 Å². The highest BCUT2D eigenvalue weighted by atomic mass is 16.3. The Kier molecular flexibility index (Phi) is 12.5. The number of aryl methyl sites for hydroxylation is 2. The first-order valence-electron chi connectivity index (χ1n) is 27.9. The van der Waals surface area contributed by atoms with E-state index in [2.05, 4.69) is 322 Å². The molecule has 0 bridgehead atoms. The lowest BCUT2D eigenvalue weighted by Crippen LogP contribution is -2.52. The average molecular weight is 1040 g/mol. The molecule has 2 heterocycles.